The van der Waals surface area contributed by atoms with Gasteiger partial charge in [0.1, 0.15) is 43.2 Å². The van der Waals surface area contributed by atoms with Crippen molar-refractivity contribution in [3.05, 3.63) is 0 Å². The Balaban J connectivity index is 2.67. The van der Waals surface area contributed by atoms with E-state index in [2.05, 4.69) is 16.0 Å². The molecule has 0 heterocycles. The van der Waals surface area contributed by atoms with Crippen molar-refractivity contribution < 1.29 is 95.4 Å². The van der Waals surface area contributed by atoms with E-state index in [4.69, 9.17) is 18.5 Å². The van der Waals surface area contributed by atoms with Gasteiger partial charge in [0.2, 0.25) is 0 Å². The van der Waals surface area contributed by atoms with Crippen molar-refractivity contribution in [1.29, 1.82) is 0 Å². The zero-order valence-corrected chi connectivity index (χ0v) is 43.9. The first kappa shape index (κ1) is 65.2. The SMILES string of the molecule is CCCCCCCCCCCCCCCC(=O)O[C@H](COC(=O)CCCCCCCCCCCCCCSC(=O)CCC)COP(=O)(O)OC1C(O)[C@@H](O)C(OP(=O)(O)O)[C@@H](OP(=O)(O)O)[C@H]1O. The lowest BCUT2D eigenvalue weighted by molar-refractivity contribution is -0.213. The number of phosphoric ester groups is 3. The molecular weight excluding hydrogens is 973 g/mol. The molecule has 1 aliphatic rings. The van der Waals surface area contributed by atoms with Crippen molar-refractivity contribution in [2.24, 2.45) is 0 Å². The van der Waals surface area contributed by atoms with Crippen LogP contribution in [0.1, 0.15) is 200 Å². The van der Waals surface area contributed by atoms with Crippen molar-refractivity contribution in [1.82, 2.24) is 0 Å². The van der Waals surface area contributed by atoms with Gasteiger partial charge in [0, 0.05) is 25.0 Å². The van der Waals surface area contributed by atoms with Gasteiger partial charge in [0.25, 0.3) is 0 Å². The first-order chi connectivity index (χ1) is 32.2. The number of hydrogen-bond donors (Lipinski definition) is 8. The van der Waals surface area contributed by atoms with E-state index in [0.29, 0.717) is 19.3 Å². The molecule has 4 unspecified atom stereocenters. The van der Waals surface area contributed by atoms with Crippen LogP contribution in [0.4, 0.5) is 0 Å². The molecule has 8 N–H and O–H groups in total. The van der Waals surface area contributed by atoms with Gasteiger partial charge < -0.3 is 49.3 Å². The second-order valence-corrected chi connectivity index (χ2v) is 22.6. The lowest BCUT2D eigenvalue weighted by Crippen LogP contribution is -2.65. The van der Waals surface area contributed by atoms with E-state index in [0.717, 1.165) is 89.2 Å². The molecule has 0 spiro atoms. The van der Waals surface area contributed by atoms with Crippen LogP contribution in [-0.2, 0) is 55.6 Å². The van der Waals surface area contributed by atoms with Crippen molar-refractivity contribution in [3.8, 4) is 0 Å². The maximum atomic E-state index is 13.1. The van der Waals surface area contributed by atoms with Crippen LogP contribution in [0.25, 0.3) is 0 Å². The summed E-state index contributed by atoms with van der Waals surface area (Å²) in [6, 6.07) is 0. The summed E-state index contributed by atoms with van der Waals surface area (Å²) >= 11 is 1.45. The minimum atomic E-state index is -5.60. The molecule has 20 nitrogen and oxygen atoms in total. The Hall–Kier alpha value is -0.830. The molecule has 0 amide bonds. The highest BCUT2D eigenvalue weighted by atomic mass is 32.2. The highest BCUT2D eigenvalue weighted by molar-refractivity contribution is 8.13. The van der Waals surface area contributed by atoms with Crippen LogP contribution in [0.5, 0.6) is 0 Å². The van der Waals surface area contributed by atoms with Crippen LogP contribution in [0.2, 0.25) is 0 Å². The Morgan fingerprint density at radius 2 is 0.868 bits per heavy atom. The molecule has 0 aromatic rings. The normalized spacial score (nSPS) is 21.3. The minimum Gasteiger partial charge on any atom is -0.462 e. The van der Waals surface area contributed by atoms with Crippen LogP contribution in [0.3, 0.4) is 0 Å². The maximum Gasteiger partial charge on any atom is 0.472 e. The molecule has 0 aliphatic heterocycles. The third-order valence-corrected chi connectivity index (χ3v) is 14.5. The summed E-state index contributed by atoms with van der Waals surface area (Å²) < 4.78 is 65.5. The number of aliphatic hydroxyl groups is 3. The van der Waals surface area contributed by atoms with Gasteiger partial charge in [-0.2, -0.15) is 0 Å². The molecule has 0 aromatic heterocycles. The summed E-state index contributed by atoms with van der Waals surface area (Å²) in [5.41, 5.74) is 0. The van der Waals surface area contributed by atoms with E-state index in [1.54, 1.807) is 0 Å². The van der Waals surface area contributed by atoms with Crippen LogP contribution < -0.4 is 0 Å². The Morgan fingerprint density at radius 3 is 1.31 bits per heavy atom. The van der Waals surface area contributed by atoms with Gasteiger partial charge >= 0.3 is 35.4 Å². The fourth-order valence-electron chi connectivity index (χ4n) is 7.72. The van der Waals surface area contributed by atoms with Crippen LogP contribution in [0, 0.1) is 0 Å². The molecule has 8 atom stereocenters. The number of ether oxygens (including phenoxy) is 2. The van der Waals surface area contributed by atoms with Crippen LogP contribution in [-0.4, -0.2) is 119 Å². The van der Waals surface area contributed by atoms with E-state index in [1.807, 2.05) is 6.92 Å². The van der Waals surface area contributed by atoms with Gasteiger partial charge in [-0.1, -0.05) is 167 Å². The second-order valence-electron chi connectivity index (χ2n) is 17.7. The van der Waals surface area contributed by atoms with Crippen molar-refractivity contribution in [2.45, 2.75) is 243 Å². The fourth-order valence-corrected chi connectivity index (χ4v) is 10.7. The molecule has 0 aromatic carbocycles. The summed E-state index contributed by atoms with van der Waals surface area (Å²) in [6.07, 6.45) is 11.9. The fraction of sp³-hybridized carbons (Fsp3) is 0.932. The summed E-state index contributed by atoms with van der Waals surface area (Å²) in [5.74, 6) is -0.405. The number of rotatable bonds is 43. The molecule has 1 saturated carbocycles. The number of phosphoric acid groups is 3. The molecule has 1 rings (SSSR count). The first-order valence-corrected chi connectivity index (χ1v) is 30.4. The molecule has 68 heavy (non-hydrogen) atoms. The molecule has 0 bridgehead atoms. The van der Waals surface area contributed by atoms with Crippen molar-refractivity contribution in [2.75, 3.05) is 19.0 Å². The molecule has 0 radical (unpaired) electrons. The van der Waals surface area contributed by atoms with E-state index in [-0.39, 0.29) is 18.0 Å². The van der Waals surface area contributed by atoms with Gasteiger partial charge in [-0.25, -0.2) is 13.7 Å². The van der Waals surface area contributed by atoms with Gasteiger partial charge in [-0.05, 0) is 25.7 Å². The smallest absolute Gasteiger partial charge is 0.462 e. The molecule has 24 heteroatoms. The standard InChI is InChI=1S/C44H85O20P3S/c1-3-5-6-7-8-9-10-11-15-18-21-24-27-31-37(46)61-35(33-59-36(45)30-26-23-20-17-14-12-13-16-19-22-25-28-32-68-38(47)29-4-2)34-60-67(57,58)64-42-39(48)40(49)43(62-65(51,52)53)44(41(42)50)63-66(54,55)56/h35,39-44,48-50H,3-34H2,1-2H3,(H,57,58)(H2,51,52,53)(H2,54,55,56)/t35-,39?,40-,41+,42?,43?,44+/m1/s1. The highest BCUT2D eigenvalue weighted by Gasteiger charge is 2.56. The van der Waals surface area contributed by atoms with Crippen LogP contribution in [0.15, 0.2) is 0 Å². The molecular formula is C44H85O20P3S. The lowest BCUT2D eigenvalue weighted by Gasteiger charge is -2.44. The number of esters is 2. The minimum absolute atomic E-state index is 0.00470. The predicted molar refractivity (Wildman–Crippen MR) is 256 cm³/mol. The molecule has 1 aliphatic carbocycles. The van der Waals surface area contributed by atoms with E-state index < -0.39 is 91.3 Å². The van der Waals surface area contributed by atoms with Gasteiger partial charge in [-0.15, -0.1) is 0 Å². The lowest BCUT2D eigenvalue weighted by atomic mass is 9.85. The predicted octanol–water partition coefficient (Wildman–Crippen LogP) is 8.61. The Bertz CT molecular complexity index is 1500. The van der Waals surface area contributed by atoms with Gasteiger partial charge in [-0.3, -0.25) is 32.5 Å². The average molecular weight is 1060 g/mol. The number of thioether (sulfide) groups is 1. The average Bonchev–Trinajstić information content (AvgIpc) is 3.26. The summed E-state index contributed by atoms with van der Waals surface area (Å²) in [5, 5.41) is 32.2. The summed E-state index contributed by atoms with van der Waals surface area (Å²) in [6.45, 7) is 2.72. The highest BCUT2D eigenvalue weighted by Crippen LogP contribution is 2.51. The zero-order chi connectivity index (χ0) is 50.9. The Morgan fingerprint density at radius 1 is 0.471 bits per heavy atom. The number of carbonyl (C=O) groups is 3. The number of aliphatic hydroxyl groups excluding tert-OH is 3. The van der Waals surface area contributed by atoms with Crippen molar-refractivity contribution in [3.63, 3.8) is 0 Å². The third kappa shape index (κ3) is 33.8. The van der Waals surface area contributed by atoms with E-state index >= 15 is 0 Å². The quantitative estimate of drug-likeness (QED) is 0.0161. The summed E-state index contributed by atoms with van der Waals surface area (Å²) in [4.78, 5) is 84.8. The maximum absolute atomic E-state index is 13.1. The topological polar surface area (TPSA) is 320 Å². The largest absolute Gasteiger partial charge is 0.472 e. The van der Waals surface area contributed by atoms with Crippen LogP contribution >= 0.6 is 35.2 Å². The van der Waals surface area contributed by atoms with Gasteiger partial charge in [0.15, 0.2) is 11.2 Å². The third-order valence-electron chi connectivity index (χ3n) is 11.4. The Labute approximate surface area is 408 Å². The van der Waals surface area contributed by atoms with Crippen molar-refractivity contribution >= 4 is 52.3 Å². The summed E-state index contributed by atoms with van der Waals surface area (Å²) in [7, 11) is -16.6. The molecule has 1 fully saturated rings. The molecule has 0 saturated heterocycles. The second kappa shape index (κ2) is 37.8. The molecule has 402 valence electrons. The number of carbonyl (C=O) groups excluding carboxylic acids is 3. The Kier molecular flexibility index (Phi) is 36.3. The van der Waals surface area contributed by atoms with E-state index in [9.17, 15) is 67.9 Å². The van der Waals surface area contributed by atoms with Gasteiger partial charge in [0.05, 0.1) is 6.61 Å². The number of hydrogen-bond acceptors (Lipinski definition) is 16. The van der Waals surface area contributed by atoms with E-state index in [1.165, 1.54) is 82.4 Å². The monoisotopic (exact) mass is 1060 g/mol. The first-order valence-electron chi connectivity index (χ1n) is 24.9. The zero-order valence-electron chi connectivity index (χ0n) is 40.4. The number of unbranched alkanes of at least 4 members (excludes halogenated alkanes) is 23.